The van der Waals surface area contributed by atoms with Gasteiger partial charge in [0.2, 0.25) is 0 Å². The molecule has 1 atom stereocenters. The van der Waals surface area contributed by atoms with Gasteiger partial charge < -0.3 is 15.2 Å². The monoisotopic (exact) mass is 332 g/mol. The molecule has 0 radical (unpaired) electrons. The Balaban J connectivity index is 2.10. The Kier molecular flexibility index (Phi) is 5.18. The van der Waals surface area contributed by atoms with Crippen molar-refractivity contribution in [3.05, 3.63) is 50.9 Å². The molecule has 0 saturated carbocycles. The maximum absolute atomic E-state index is 12.1. The molecule has 1 unspecified atom stereocenters. The summed E-state index contributed by atoms with van der Waals surface area (Å²) >= 11 is 0. The van der Waals surface area contributed by atoms with Gasteiger partial charge in [-0.15, -0.1) is 0 Å². The van der Waals surface area contributed by atoms with E-state index in [1.54, 1.807) is 26.0 Å². The summed E-state index contributed by atoms with van der Waals surface area (Å²) in [6, 6.07) is 3.89. The average Bonchev–Trinajstić information content (AvgIpc) is 2.85. The molecule has 8 nitrogen and oxygen atoms in total. The second-order valence-electron chi connectivity index (χ2n) is 5.51. The number of nitrogens with one attached hydrogen (secondary N) is 2. The highest BCUT2D eigenvalue weighted by atomic mass is 16.6. The molecule has 1 aromatic carbocycles. The number of nitrogens with zero attached hydrogens (tertiary/aromatic N) is 2. The van der Waals surface area contributed by atoms with Crippen molar-refractivity contribution in [1.29, 1.82) is 0 Å². The average molecular weight is 332 g/mol. The molecular weight excluding hydrogens is 312 g/mol. The van der Waals surface area contributed by atoms with Crippen LogP contribution in [0.5, 0.6) is 0 Å². The molecule has 128 valence electrons. The number of aromatic nitrogens is 1. The van der Waals surface area contributed by atoms with Gasteiger partial charge in [-0.05, 0) is 33.3 Å². The molecule has 2 N–H and O–H groups in total. The lowest BCUT2D eigenvalue weighted by atomic mass is 10.1. The van der Waals surface area contributed by atoms with Crippen LogP contribution >= 0.6 is 0 Å². The van der Waals surface area contributed by atoms with Crippen molar-refractivity contribution >= 4 is 17.4 Å². The number of benzene rings is 1. The van der Waals surface area contributed by atoms with Crippen LogP contribution in [0, 0.1) is 24.0 Å². The number of hydrogen-bond donors (Lipinski definition) is 2. The van der Waals surface area contributed by atoms with Crippen LogP contribution in [0.3, 0.4) is 0 Å². The molecule has 0 fully saturated rings. The Morgan fingerprint density at radius 3 is 2.67 bits per heavy atom. The first-order valence-corrected chi connectivity index (χ1v) is 7.61. The van der Waals surface area contributed by atoms with Crippen LogP contribution in [0.1, 0.15) is 42.5 Å². The van der Waals surface area contributed by atoms with Gasteiger partial charge in [0, 0.05) is 22.9 Å². The normalized spacial score (nSPS) is 11.8. The Hall–Kier alpha value is -2.90. The van der Waals surface area contributed by atoms with Crippen LogP contribution in [-0.2, 0) is 6.42 Å². The number of hydrogen-bond acceptors (Lipinski definition) is 5. The molecule has 24 heavy (non-hydrogen) atoms. The molecule has 0 aliphatic heterocycles. The molecule has 0 saturated heterocycles. The molecule has 1 aromatic heterocycles. The number of urea groups is 1. The lowest BCUT2D eigenvalue weighted by Crippen LogP contribution is -2.31. The quantitative estimate of drug-likeness (QED) is 0.641. The van der Waals surface area contributed by atoms with Crippen molar-refractivity contribution in [3.8, 4) is 0 Å². The summed E-state index contributed by atoms with van der Waals surface area (Å²) in [7, 11) is 0. The highest BCUT2D eigenvalue weighted by Crippen LogP contribution is 2.24. The Morgan fingerprint density at radius 1 is 1.42 bits per heavy atom. The molecule has 2 rings (SSSR count). The van der Waals surface area contributed by atoms with E-state index >= 15 is 0 Å². The zero-order valence-electron chi connectivity index (χ0n) is 14.0. The van der Waals surface area contributed by atoms with Gasteiger partial charge in [0.25, 0.3) is 5.69 Å². The van der Waals surface area contributed by atoms with E-state index in [4.69, 9.17) is 4.52 Å². The summed E-state index contributed by atoms with van der Waals surface area (Å²) in [6.07, 6.45) is 0.547. The first-order valence-electron chi connectivity index (χ1n) is 7.61. The first kappa shape index (κ1) is 17.5. The predicted molar refractivity (Wildman–Crippen MR) is 89.0 cm³/mol. The van der Waals surface area contributed by atoms with Gasteiger partial charge in [0.15, 0.2) is 0 Å². The van der Waals surface area contributed by atoms with Crippen LogP contribution in [0.2, 0.25) is 0 Å². The van der Waals surface area contributed by atoms with Crippen LogP contribution in [0.25, 0.3) is 0 Å². The molecular formula is C16H20N4O4. The Labute approximate surface area is 139 Å². The molecule has 0 aliphatic rings. The number of amides is 2. The van der Waals surface area contributed by atoms with Gasteiger partial charge in [-0.2, -0.15) is 0 Å². The van der Waals surface area contributed by atoms with Crippen molar-refractivity contribution in [2.75, 3.05) is 5.32 Å². The lowest BCUT2D eigenvalue weighted by molar-refractivity contribution is -0.385. The van der Waals surface area contributed by atoms with E-state index in [0.29, 0.717) is 29.1 Å². The van der Waals surface area contributed by atoms with Crippen molar-refractivity contribution in [2.24, 2.45) is 0 Å². The first-order chi connectivity index (χ1) is 11.3. The van der Waals surface area contributed by atoms with E-state index in [1.165, 1.54) is 6.07 Å². The summed E-state index contributed by atoms with van der Waals surface area (Å²) in [5, 5.41) is 20.3. The van der Waals surface area contributed by atoms with E-state index in [0.717, 1.165) is 5.56 Å². The highest BCUT2D eigenvalue weighted by Gasteiger charge is 2.19. The molecule has 1 heterocycles. The smallest absolute Gasteiger partial charge is 0.319 e. The second-order valence-corrected chi connectivity index (χ2v) is 5.51. The maximum Gasteiger partial charge on any atom is 0.319 e. The summed E-state index contributed by atoms with van der Waals surface area (Å²) in [5.74, 6) is 0.642. The SMILES string of the molecule is CCc1ccc(NC(=O)NC(C)c2c(C)noc2C)cc1[N+](=O)[O-]. The van der Waals surface area contributed by atoms with Crippen LogP contribution < -0.4 is 10.6 Å². The van der Waals surface area contributed by atoms with Gasteiger partial charge in [0.05, 0.1) is 16.7 Å². The fourth-order valence-corrected chi connectivity index (χ4v) is 2.65. The number of nitro benzene ring substituents is 1. The third kappa shape index (κ3) is 3.70. The van der Waals surface area contributed by atoms with Crippen LogP contribution in [0.4, 0.5) is 16.2 Å². The maximum atomic E-state index is 12.1. The molecule has 0 bridgehead atoms. The number of nitro groups is 1. The summed E-state index contributed by atoms with van der Waals surface area (Å²) < 4.78 is 5.09. The van der Waals surface area contributed by atoms with E-state index in [2.05, 4.69) is 15.8 Å². The number of anilines is 1. The lowest BCUT2D eigenvalue weighted by Gasteiger charge is -2.14. The standard InChI is InChI=1S/C16H20N4O4/c1-5-12-6-7-13(8-14(12)20(22)23)18-16(21)17-9(2)15-10(3)19-24-11(15)4/h6-9H,5H2,1-4H3,(H2,17,18,21). The molecule has 2 amide bonds. The topological polar surface area (TPSA) is 110 Å². The van der Waals surface area contributed by atoms with E-state index < -0.39 is 11.0 Å². The fourth-order valence-electron chi connectivity index (χ4n) is 2.65. The van der Waals surface area contributed by atoms with Crippen molar-refractivity contribution in [2.45, 2.75) is 40.2 Å². The van der Waals surface area contributed by atoms with E-state index in [1.807, 2.05) is 13.8 Å². The molecule has 0 aliphatic carbocycles. The highest BCUT2D eigenvalue weighted by molar-refractivity contribution is 5.90. The predicted octanol–water partition coefficient (Wildman–Crippen LogP) is 3.64. The van der Waals surface area contributed by atoms with Crippen molar-refractivity contribution in [1.82, 2.24) is 10.5 Å². The van der Waals surface area contributed by atoms with E-state index in [-0.39, 0.29) is 11.7 Å². The minimum Gasteiger partial charge on any atom is -0.361 e. The summed E-state index contributed by atoms with van der Waals surface area (Å²) in [6.45, 7) is 7.23. The number of carbonyl (C=O) groups excluding carboxylic acids is 1. The number of carbonyl (C=O) groups is 1. The summed E-state index contributed by atoms with van der Waals surface area (Å²) in [5.41, 5.74) is 2.51. The van der Waals surface area contributed by atoms with Crippen LogP contribution in [-0.4, -0.2) is 16.1 Å². The van der Waals surface area contributed by atoms with Gasteiger partial charge in [-0.25, -0.2) is 4.79 Å². The Bertz CT molecular complexity index is 750. The van der Waals surface area contributed by atoms with Gasteiger partial charge >= 0.3 is 6.03 Å². The number of rotatable bonds is 5. The van der Waals surface area contributed by atoms with Crippen LogP contribution in [0.15, 0.2) is 22.7 Å². The second kappa shape index (κ2) is 7.12. The Morgan fingerprint density at radius 2 is 2.12 bits per heavy atom. The van der Waals surface area contributed by atoms with Gasteiger partial charge in [-0.3, -0.25) is 10.1 Å². The summed E-state index contributed by atoms with van der Waals surface area (Å²) in [4.78, 5) is 22.8. The van der Waals surface area contributed by atoms with Gasteiger partial charge in [-0.1, -0.05) is 18.1 Å². The largest absolute Gasteiger partial charge is 0.361 e. The third-order valence-electron chi connectivity index (χ3n) is 3.79. The number of aryl methyl sites for hydroxylation is 3. The van der Waals surface area contributed by atoms with E-state index in [9.17, 15) is 14.9 Å². The zero-order chi connectivity index (χ0) is 17.9. The minimum absolute atomic E-state index is 0.00549. The zero-order valence-corrected chi connectivity index (χ0v) is 14.0. The van der Waals surface area contributed by atoms with Crippen molar-refractivity contribution in [3.63, 3.8) is 0 Å². The fraction of sp³-hybridized carbons (Fsp3) is 0.375. The third-order valence-corrected chi connectivity index (χ3v) is 3.79. The molecule has 2 aromatic rings. The van der Waals surface area contributed by atoms with Crippen molar-refractivity contribution < 1.29 is 14.2 Å². The minimum atomic E-state index is -0.457. The molecule has 8 heteroatoms. The molecule has 0 spiro atoms. The van der Waals surface area contributed by atoms with Gasteiger partial charge in [0.1, 0.15) is 5.76 Å².